The molecule has 0 spiro atoms. The molecule has 0 saturated heterocycles. The van der Waals surface area contributed by atoms with Crippen LogP contribution in [0.5, 0.6) is 5.75 Å². The Kier molecular flexibility index (Phi) is 12.3. The van der Waals surface area contributed by atoms with Gasteiger partial charge in [-0.3, -0.25) is 9.59 Å². The predicted molar refractivity (Wildman–Crippen MR) is 174 cm³/mol. The zero-order valence-electron chi connectivity index (χ0n) is 25.7. The number of ketones is 1. The van der Waals surface area contributed by atoms with Gasteiger partial charge < -0.3 is 19.7 Å². The van der Waals surface area contributed by atoms with E-state index in [4.69, 9.17) is 9.47 Å². The Labute approximate surface area is 264 Å². The van der Waals surface area contributed by atoms with Gasteiger partial charge in [0.25, 0.3) is 0 Å². The van der Waals surface area contributed by atoms with Gasteiger partial charge in [-0.25, -0.2) is 9.18 Å². The van der Waals surface area contributed by atoms with Crippen molar-refractivity contribution in [3.63, 3.8) is 0 Å². The number of halogens is 1. The Balaban J connectivity index is 1.36. The van der Waals surface area contributed by atoms with Crippen LogP contribution in [0.1, 0.15) is 54.1 Å². The zero-order valence-corrected chi connectivity index (χ0v) is 25.7. The average Bonchev–Trinajstić information content (AvgIpc) is 3.08. The second kappa shape index (κ2) is 16.8. The number of ether oxygens (including phenoxy) is 2. The molecule has 0 bridgehead atoms. The first-order chi connectivity index (χ1) is 21.9. The van der Waals surface area contributed by atoms with Crippen LogP contribution >= 0.6 is 0 Å². The first kappa shape index (κ1) is 32.9. The molecule has 0 unspecified atom stereocenters. The van der Waals surface area contributed by atoms with Crippen LogP contribution in [-0.2, 0) is 20.7 Å². The van der Waals surface area contributed by atoms with Crippen molar-refractivity contribution < 1.29 is 28.2 Å². The number of nitrogens with one attached hydrogen (secondary N) is 1. The van der Waals surface area contributed by atoms with E-state index in [1.165, 1.54) is 18.1 Å². The summed E-state index contributed by atoms with van der Waals surface area (Å²) < 4.78 is 25.5. The number of carbonyl (C=O) groups is 3. The van der Waals surface area contributed by atoms with E-state index >= 15 is 0 Å². The molecule has 0 radical (unpaired) electrons. The number of esters is 1. The number of para-hydroxylation sites is 2. The summed E-state index contributed by atoms with van der Waals surface area (Å²) in [5, 5.41) is 3.22. The van der Waals surface area contributed by atoms with Crippen molar-refractivity contribution in [2.45, 2.75) is 45.1 Å². The molecule has 0 saturated carbocycles. The van der Waals surface area contributed by atoms with Gasteiger partial charge in [0, 0.05) is 36.2 Å². The van der Waals surface area contributed by atoms with Crippen LogP contribution in [0, 0.1) is 5.82 Å². The van der Waals surface area contributed by atoms with Crippen molar-refractivity contribution in [1.29, 1.82) is 0 Å². The summed E-state index contributed by atoms with van der Waals surface area (Å²) in [5.74, 6) is -0.497. The van der Waals surface area contributed by atoms with Crippen LogP contribution in [0.4, 0.5) is 15.8 Å². The van der Waals surface area contributed by atoms with Gasteiger partial charge in [0.15, 0.2) is 5.78 Å². The van der Waals surface area contributed by atoms with Gasteiger partial charge >= 0.3 is 5.97 Å². The first-order valence-electron chi connectivity index (χ1n) is 15.2. The van der Waals surface area contributed by atoms with Gasteiger partial charge in [-0.1, -0.05) is 80.1 Å². The average molecular weight is 611 g/mol. The van der Waals surface area contributed by atoms with E-state index in [2.05, 4.69) is 5.32 Å². The van der Waals surface area contributed by atoms with Crippen LogP contribution in [0.15, 0.2) is 103 Å². The van der Waals surface area contributed by atoms with E-state index in [-0.39, 0.29) is 17.4 Å². The molecule has 8 heteroatoms. The van der Waals surface area contributed by atoms with Crippen LogP contribution in [0.25, 0.3) is 0 Å². The van der Waals surface area contributed by atoms with Gasteiger partial charge in [-0.05, 0) is 54.8 Å². The normalized spacial score (nSPS) is 11.4. The molecule has 1 amide bonds. The van der Waals surface area contributed by atoms with Gasteiger partial charge in [0.2, 0.25) is 5.91 Å². The van der Waals surface area contributed by atoms with E-state index < -0.39 is 17.8 Å². The Morgan fingerprint density at radius 3 is 2.24 bits per heavy atom. The molecule has 1 atom stereocenters. The van der Waals surface area contributed by atoms with Gasteiger partial charge in [0.05, 0.1) is 19.4 Å². The first-order valence-corrected chi connectivity index (χ1v) is 15.2. The molecule has 0 fully saturated rings. The van der Waals surface area contributed by atoms with E-state index in [1.54, 1.807) is 54.6 Å². The number of methoxy groups -OCH3 is 1. The summed E-state index contributed by atoms with van der Waals surface area (Å²) >= 11 is 0. The number of benzene rings is 4. The third kappa shape index (κ3) is 9.25. The monoisotopic (exact) mass is 610 g/mol. The number of nitrogens with zero attached hydrogens (tertiary/aromatic N) is 1. The minimum atomic E-state index is -0.735. The Morgan fingerprint density at radius 1 is 0.844 bits per heavy atom. The molecular formula is C37H39FN2O5. The lowest BCUT2D eigenvalue weighted by atomic mass is 10.00. The van der Waals surface area contributed by atoms with E-state index in [1.807, 2.05) is 49.4 Å². The Morgan fingerprint density at radius 2 is 1.53 bits per heavy atom. The lowest BCUT2D eigenvalue weighted by molar-refractivity contribution is -0.141. The van der Waals surface area contributed by atoms with Gasteiger partial charge in [-0.2, -0.15) is 0 Å². The van der Waals surface area contributed by atoms with Crippen molar-refractivity contribution in [3.8, 4) is 5.75 Å². The largest absolute Gasteiger partial charge is 0.494 e. The number of rotatable bonds is 16. The topological polar surface area (TPSA) is 84.9 Å². The molecular weight excluding hydrogens is 571 g/mol. The fraction of sp³-hybridized carbons (Fsp3) is 0.270. The smallest absolute Gasteiger partial charge is 0.328 e. The van der Waals surface area contributed by atoms with E-state index in [0.717, 1.165) is 18.4 Å². The highest BCUT2D eigenvalue weighted by molar-refractivity contribution is 6.12. The summed E-state index contributed by atoms with van der Waals surface area (Å²) in [6.07, 6.45) is 2.83. The highest BCUT2D eigenvalue weighted by Gasteiger charge is 2.23. The minimum absolute atomic E-state index is 0.105. The lowest BCUT2D eigenvalue weighted by Crippen LogP contribution is -2.33. The van der Waals surface area contributed by atoms with Crippen LogP contribution < -0.4 is 15.0 Å². The maximum atomic E-state index is 14.5. The molecule has 4 aromatic carbocycles. The molecule has 0 aliphatic rings. The third-order valence-electron chi connectivity index (χ3n) is 7.37. The molecule has 0 aliphatic carbocycles. The van der Waals surface area contributed by atoms with E-state index in [9.17, 15) is 18.8 Å². The second-order valence-electron chi connectivity index (χ2n) is 10.6. The van der Waals surface area contributed by atoms with Crippen LogP contribution in [0.2, 0.25) is 0 Å². The van der Waals surface area contributed by atoms with Crippen molar-refractivity contribution in [1.82, 2.24) is 0 Å². The van der Waals surface area contributed by atoms with Crippen molar-refractivity contribution in [3.05, 3.63) is 126 Å². The summed E-state index contributed by atoms with van der Waals surface area (Å²) in [5.41, 5.74) is 2.70. The fourth-order valence-corrected chi connectivity index (χ4v) is 4.96. The standard InChI is InChI=1S/C37H39FN2O5/c1-3-4-19-35(41)40(34-18-11-9-16-31(34)38)24-12-25-45-29-22-20-27(21-23-29)26-33(37(43)44-2)39-32-17-10-8-15-30(32)36(42)28-13-6-5-7-14-28/h5-11,13-18,20-23,33,39H,3-4,12,19,24-26H2,1-2H3/t33-/m0/s1. The molecule has 1 N–H and O–H groups in total. The number of hydrogen-bond donors (Lipinski definition) is 1. The molecule has 234 valence electrons. The van der Waals surface area contributed by atoms with Crippen molar-refractivity contribution >= 4 is 29.0 Å². The summed E-state index contributed by atoms with van der Waals surface area (Å²) in [6, 6.07) is 29.0. The molecule has 4 aromatic rings. The van der Waals surface area contributed by atoms with Gasteiger partial charge in [0.1, 0.15) is 17.6 Å². The maximum Gasteiger partial charge on any atom is 0.328 e. The van der Waals surface area contributed by atoms with Crippen molar-refractivity contribution in [2.24, 2.45) is 0 Å². The number of anilines is 2. The summed E-state index contributed by atoms with van der Waals surface area (Å²) in [6.45, 7) is 2.69. The summed E-state index contributed by atoms with van der Waals surface area (Å²) in [4.78, 5) is 40.3. The van der Waals surface area contributed by atoms with Gasteiger partial charge in [-0.15, -0.1) is 0 Å². The Bertz CT molecular complexity index is 1560. The maximum absolute atomic E-state index is 14.5. The number of hydrogen-bond acceptors (Lipinski definition) is 6. The summed E-state index contributed by atoms with van der Waals surface area (Å²) in [7, 11) is 1.33. The molecule has 7 nitrogen and oxygen atoms in total. The second-order valence-corrected chi connectivity index (χ2v) is 10.6. The SMILES string of the molecule is CCCCC(=O)N(CCCOc1ccc(C[C@H](Nc2ccccc2C(=O)c2ccccc2)C(=O)OC)cc1)c1ccccc1F. The molecule has 0 aliphatic heterocycles. The molecule has 4 rings (SSSR count). The van der Waals surface area contributed by atoms with Crippen LogP contribution in [-0.4, -0.2) is 44.0 Å². The van der Waals surface area contributed by atoms with Crippen LogP contribution in [0.3, 0.4) is 0 Å². The fourth-order valence-electron chi connectivity index (χ4n) is 4.96. The highest BCUT2D eigenvalue weighted by atomic mass is 19.1. The lowest BCUT2D eigenvalue weighted by Gasteiger charge is -2.23. The quantitative estimate of drug-likeness (QED) is 0.0818. The zero-order chi connectivity index (χ0) is 32.0. The third-order valence-corrected chi connectivity index (χ3v) is 7.37. The highest BCUT2D eigenvalue weighted by Crippen LogP contribution is 2.23. The van der Waals surface area contributed by atoms with Crippen molar-refractivity contribution in [2.75, 3.05) is 30.5 Å². The number of carbonyl (C=O) groups excluding carboxylic acids is 3. The minimum Gasteiger partial charge on any atom is -0.494 e. The number of unbranched alkanes of at least 4 members (excludes halogenated alkanes) is 1. The molecule has 0 heterocycles. The number of amides is 1. The molecule has 0 aromatic heterocycles. The Hall–Kier alpha value is -4.98. The molecule has 45 heavy (non-hydrogen) atoms. The van der Waals surface area contributed by atoms with E-state index in [0.29, 0.717) is 55.0 Å². The predicted octanol–water partition coefficient (Wildman–Crippen LogP) is 7.25.